The first-order chi connectivity index (χ1) is 7.89. The maximum Gasteiger partial charge on any atom is 0.0791 e. The van der Waals surface area contributed by atoms with Gasteiger partial charge in [0.15, 0.2) is 0 Å². The van der Waals surface area contributed by atoms with Crippen LogP contribution in [0.5, 0.6) is 0 Å². The fourth-order valence-electron chi connectivity index (χ4n) is 1.98. The molecule has 1 saturated heterocycles. The number of β-amino-alcohol motifs (C(OH)–C–C–N with tert-alkyl or cyclic N) is 1. The molecule has 0 bridgehead atoms. The fourth-order valence-corrected chi connectivity index (χ4v) is 3.12. The van der Waals surface area contributed by atoms with E-state index in [9.17, 15) is 5.11 Å². The Labute approximate surface area is 110 Å². The monoisotopic (exact) mass is 260 g/mol. The number of hydrogen-bond donors (Lipinski definition) is 2. The average Bonchev–Trinajstić information content (AvgIpc) is 2.37. The van der Waals surface area contributed by atoms with E-state index in [-0.39, 0.29) is 6.10 Å². The highest BCUT2D eigenvalue weighted by Crippen LogP contribution is 2.30. The second kappa shape index (κ2) is 6.98. The summed E-state index contributed by atoms with van der Waals surface area (Å²) in [6, 6.07) is 0.447. The normalized spacial score (nSPS) is 23.6. The third kappa shape index (κ3) is 6.65. The molecule has 1 aliphatic heterocycles. The molecule has 102 valence electrons. The third-order valence-corrected chi connectivity index (χ3v) is 4.53. The lowest BCUT2D eigenvalue weighted by molar-refractivity contribution is 0.112. The van der Waals surface area contributed by atoms with Gasteiger partial charge < -0.3 is 10.4 Å². The molecule has 1 atom stereocenters. The van der Waals surface area contributed by atoms with E-state index in [1.54, 1.807) is 0 Å². The minimum absolute atomic E-state index is 0.247. The highest BCUT2D eigenvalue weighted by molar-refractivity contribution is 8.00. The van der Waals surface area contributed by atoms with E-state index in [2.05, 4.69) is 49.7 Å². The summed E-state index contributed by atoms with van der Waals surface area (Å²) in [5.41, 5.74) is 0. The molecule has 0 amide bonds. The molecule has 0 spiro atoms. The van der Waals surface area contributed by atoms with E-state index in [1.165, 1.54) is 12.2 Å². The fraction of sp³-hybridized carbons (Fsp3) is 1.00. The van der Waals surface area contributed by atoms with Gasteiger partial charge in [-0.05, 0) is 13.0 Å². The number of nitrogens with one attached hydrogen (secondary N) is 1. The van der Waals surface area contributed by atoms with Gasteiger partial charge in [-0.1, -0.05) is 27.7 Å². The first kappa shape index (κ1) is 15.3. The highest BCUT2D eigenvalue weighted by atomic mass is 32.2. The van der Waals surface area contributed by atoms with Crippen LogP contribution >= 0.6 is 11.8 Å². The van der Waals surface area contributed by atoms with Gasteiger partial charge in [-0.3, -0.25) is 4.90 Å². The Morgan fingerprint density at radius 2 is 2.06 bits per heavy atom. The summed E-state index contributed by atoms with van der Waals surface area (Å²) in [6.45, 7) is 12.6. The number of rotatable bonds is 5. The zero-order chi connectivity index (χ0) is 12.9. The Balaban J connectivity index is 2.26. The van der Waals surface area contributed by atoms with Crippen LogP contribution in [0.15, 0.2) is 0 Å². The minimum atomic E-state index is -0.247. The molecule has 0 aromatic carbocycles. The van der Waals surface area contributed by atoms with E-state index in [0.717, 1.165) is 19.6 Å². The van der Waals surface area contributed by atoms with Gasteiger partial charge in [0.25, 0.3) is 0 Å². The lowest BCUT2D eigenvalue weighted by Gasteiger charge is -2.25. The van der Waals surface area contributed by atoms with Crippen LogP contribution in [-0.2, 0) is 0 Å². The zero-order valence-corrected chi connectivity index (χ0v) is 12.5. The molecule has 3 nitrogen and oxygen atoms in total. The smallest absolute Gasteiger partial charge is 0.0791 e. The van der Waals surface area contributed by atoms with Crippen LogP contribution in [0.3, 0.4) is 0 Å². The van der Waals surface area contributed by atoms with Gasteiger partial charge in [-0.15, -0.1) is 0 Å². The molecule has 2 N–H and O–H groups in total. The van der Waals surface area contributed by atoms with Crippen molar-refractivity contribution in [3.8, 4) is 0 Å². The lowest BCUT2D eigenvalue weighted by Crippen LogP contribution is -2.41. The summed E-state index contributed by atoms with van der Waals surface area (Å²) in [6.07, 6.45) is 0.964. The Morgan fingerprint density at radius 1 is 1.35 bits per heavy atom. The van der Waals surface area contributed by atoms with Gasteiger partial charge in [0, 0.05) is 36.2 Å². The standard InChI is InChI=1S/C13H28N2OS/c1-11(2)14-9-12(16)10-15-6-5-13(3,4)17-8-7-15/h11-12,14,16H,5-10H2,1-4H3. The molecular formula is C13H28N2OS. The molecule has 0 aromatic heterocycles. The Hall–Kier alpha value is 0.230. The molecule has 0 radical (unpaired) electrons. The first-order valence-electron chi connectivity index (χ1n) is 6.67. The maximum atomic E-state index is 9.96. The van der Waals surface area contributed by atoms with Gasteiger partial charge >= 0.3 is 0 Å². The van der Waals surface area contributed by atoms with Crippen LogP contribution in [-0.4, -0.2) is 58.8 Å². The molecule has 1 unspecified atom stereocenters. The van der Waals surface area contributed by atoms with Gasteiger partial charge in [0.2, 0.25) is 0 Å². The molecule has 17 heavy (non-hydrogen) atoms. The highest BCUT2D eigenvalue weighted by Gasteiger charge is 2.24. The van der Waals surface area contributed by atoms with Crippen molar-refractivity contribution in [1.82, 2.24) is 10.2 Å². The second-order valence-corrected chi connectivity index (χ2v) is 7.68. The van der Waals surface area contributed by atoms with E-state index < -0.39 is 0 Å². The van der Waals surface area contributed by atoms with Crippen molar-refractivity contribution in [1.29, 1.82) is 0 Å². The van der Waals surface area contributed by atoms with Gasteiger partial charge in [0.05, 0.1) is 6.10 Å². The summed E-state index contributed by atoms with van der Waals surface area (Å²) in [7, 11) is 0. The van der Waals surface area contributed by atoms with Crippen molar-refractivity contribution >= 4 is 11.8 Å². The van der Waals surface area contributed by atoms with Crippen LogP contribution in [0.25, 0.3) is 0 Å². The first-order valence-corrected chi connectivity index (χ1v) is 7.65. The SMILES string of the molecule is CC(C)NCC(O)CN1CCSC(C)(C)CC1. The molecule has 1 fully saturated rings. The average molecular weight is 260 g/mol. The number of nitrogens with zero attached hydrogens (tertiary/aromatic N) is 1. The summed E-state index contributed by atoms with van der Waals surface area (Å²) in [4.78, 5) is 2.40. The molecule has 1 rings (SSSR count). The van der Waals surface area contributed by atoms with E-state index >= 15 is 0 Å². The Morgan fingerprint density at radius 3 is 2.71 bits per heavy atom. The van der Waals surface area contributed by atoms with Crippen molar-refractivity contribution in [3.05, 3.63) is 0 Å². The predicted octanol–water partition coefficient (Wildman–Crippen LogP) is 1.56. The predicted molar refractivity (Wildman–Crippen MR) is 76.7 cm³/mol. The summed E-state index contributed by atoms with van der Waals surface area (Å²) in [5.74, 6) is 1.18. The zero-order valence-electron chi connectivity index (χ0n) is 11.7. The van der Waals surface area contributed by atoms with E-state index in [1.807, 2.05) is 0 Å². The quantitative estimate of drug-likeness (QED) is 0.786. The van der Waals surface area contributed by atoms with E-state index in [4.69, 9.17) is 0 Å². The van der Waals surface area contributed by atoms with Crippen LogP contribution in [0.1, 0.15) is 34.1 Å². The topological polar surface area (TPSA) is 35.5 Å². The van der Waals surface area contributed by atoms with Crippen LogP contribution < -0.4 is 5.32 Å². The largest absolute Gasteiger partial charge is 0.390 e. The van der Waals surface area contributed by atoms with Crippen molar-refractivity contribution in [2.24, 2.45) is 0 Å². The molecule has 1 aliphatic rings. The van der Waals surface area contributed by atoms with Crippen molar-refractivity contribution in [3.63, 3.8) is 0 Å². The molecule has 0 saturated carbocycles. The van der Waals surface area contributed by atoms with Crippen molar-refractivity contribution < 1.29 is 5.11 Å². The van der Waals surface area contributed by atoms with Crippen molar-refractivity contribution in [2.75, 3.05) is 31.9 Å². The summed E-state index contributed by atoms with van der Waals surface area (Å²) < 4.78 is 0.399. The third-order valence-electron chi connectivity index (χ3n) is 3.16. The number of aliphatic hydroxyl groups excluding tert-OH is 1. The number of hydrogen-bond acceptors (Lipinski definition) is 4. The van der Waals surface area contributed by atoms with Crippen LogP contribution in [0, 0.1) is 0 Å². The van der Waals surface area contributed by atoms with Gasteiger partial charge in [-0.2, -0.15) is 11.8 Å². The second-order valence-electron chi connectivity index (χ2n) is 5.88. The van der Waals surface area contributed by atoms with Gasteiger partial charge in [-0.25, -0.2) is 0 Å². The lowest BCUT2D eigenvalue weighted by atomic mass is 10.1. The number of thioether (sulfide) groups is 1. The van der Waals surface area contributed by atoms with Crippen LogP contribution in [0.4, 0.5) is 0 Å². The Kier molecular flexibility index (Phi) is 6.27. The maximum absolute atomic E-state index is 9.96. The van der Waals surface area contributed by atoms with Crippen LogP contribution in [0.2, 0.25) is 0 Å². The van der Waals surface area contributed by atoms with E-state index in [0.29, 0.717) is 17.3 Å². The molecule has 0 aromatic rings. The summed E-state index contributed by atoms with van der Waals surface area (Å²) >= 11 is 2.05. The number of aliphatic hydroxyl groups is 1. The molecule has 1 heterocycles. The molecule has 0 aliphatic carbocycles. The minimum Gasteiger partial charge on any atom is -0.390 e. The van der Waals surface area contributed by atoms with Gasteiger partial charge in [0.1, 0.15) is 0 Å². The summed E-state index contributed by atoms with van der Waals surface area (Å²) in [5, 5.41) is 13.2. The van der Waals surface area contributed by atoms with Crippen molar-refractivity contribution in [2.45, 2.75) is 51.0 Å². The Bertz CT molecular complexity index is 221. The molecule has 4 heteroatoms. The molecular weight excluding hydrogens is 232 g/mol.